The van der Waals surface area contributed by atoms with Crippen LogP contribution < -0.4 is 21.7 Å². The first-order chi connectivity index (χ1) is 29.4. The Labute approximate surface area is 360 Å². The van der Waals surface area contributed by atoms with Gasteiger partial charge in [0.15, 0.2) is 6.29 Å². The number of aliphatic hydroxyl groups excluding tert-OH is 1. The molecule has 4 aromatic carbocycles. The van der Waals surface area contributed by atoms with Crippen molar-refractivity contribution < 1.29 is 29.0 Å². The van der Waals surface area contributed by atoms with Crippen molar-refractivity contribution in [1.82, 2.24) is 15.5 Å². The summed E-state index contributed by atoms with van der Waals surface area (Å²) < 4.78 is 13.6. The molecule has 2 heterocycles. The number of hydrogen-bond donors (Lipinski definition) is 5. The maximum absolute atomic E-state index is 13.9. The highest BCUT2D eigenvalue weighted by Crippen LogP contribution is 2.42. The molecular formula is C50H63N5O6. The Hall–Kier alpha value is -5.07. The van der Waals surface area contributed by atoms with E-state index in [4.69, 9.17) is 15.2 Å². The molecule has 61 heavy (non-hydrogen) atoms. The first-order valence-corrected chi connectivity index (χ1v) is 22.1. The molecule has 3 fully saturated rings. The summed E-state index contributed by atoms with van der Waals surface area (Å²) in [6, 6.07) is 31.6. The van der Waals surface area contributed by atoms with E-state index in [9.17, 15) is 19.5 Å². The quantitative estimate of drug-likeness (QED) is 0.0795. The number of benzene rings is 4. The number of para-hydroxylation sites is 2. The molecule has 6 atom stereocenters. The van der Waals surface area contributed by atoms with Gasteiger partial charge in [0.2, 0.25) is 17.7 Å². The van der Waals surface area contributed by atoms with E-state index in [0.717, 1.165) is 52.6 Å². The molecule has 6 N–H and O–H groups in total. The zero-order valence-corrected chi connectivity index (χ0v) is 35.9. The van der Waals surface area contributed by atoms with E-state index in [0.29, 0.717) is 49.3 Å². The van der Waals surface area contributed by atoms with Gasteiger partial charge in [0, 0.05) is 49.5 Å². The van der Waals surface area contributed by atoms with Crippen LogP contribution in [0.2, 0.25) is 0 Å². The molecule has 7 rings (SSSR count). The summed E-state index contributed by atoms with van der Waals surface area (Å²) in [4.78, 5) is 41.4. The minimum atomic E-state index is -0.617. The fraction of sp³-hybridized carbons (Fsp3) is 0.460. The molecule has 0 bridgehead atoms. The summed E-state index contributed by atoms with van der Waals surface area (Å²) in [7, 11) is 0. The lowest BCUT2D eigenvalue weighted by atomic mass is 9.75. The predicted molar refractivity (Wildman–Crippen MR) is 239 cm³/mol. The second-order valence-electron chi connectivity index (χ2n) is 18.1. The zero-order valence-electron chi connectivity index (χ0n) is 35.9. The van der Waals surface area contributed by atoms with Gasteiger partial charge in [-0.15, -0.1) is 0 Å². The Kier molecular flexibility index (Phi) is 14.6. The van der Waals surface area contributed by atoms with Gasteiger partial charge >= 0.3 is 0 Å². The Bertz CT molecular complexity index is 2100. The van der Waals surface area contributed by atoms with Crippen molar-refractivity contribution in [2.75, 3.05) is 17.6 Å². The van der Waals surface area contributed by atoms with Crippen molar-refractivity contribution in [2.45, 2.75) is 134 Å². The van der Waals surface area contributed by atoms with Crippen LogP contribution in [-0.2, 0) is 37.0 Å². The first kappa shape index (κ1) is 44.0. The lowest BCUT2D eigenvalue weighted by Gasteiger charge is -2.50. The molecule has 0 unspecified atom stereocenters. The van der Waals surface area contributed by atoms with Crippen LogP contribution >= 0.6 is 0 Å². The normalized spacial score (nSPS) is 23.1. The van der Waals surface area contributed by atoms with Crippen molar-refractivity contribution in [3.05, 3.63) is 119 Å². The fourth-order valence-electron chi connectivity index (χ4n) is 9.21. The number of nitrogens with one attached hydrogen (secondary N) is 3. The van der Waals surface area contributed by atoms with Crippen LogP contribution in [0.3, 0.4) is 0 Å². The number of carbonyl (C=O) groups is 3. The second kappa shape index (κ2) is 20.2. The van der Waals surface area contributed by atoms with Gasteiger partial charge in [0.25, 0.3) is 0 Å². The molecule has 4 aromatic rings. The number of aliphatic hydroxyl groups is 1. The molecule has 2 aliphatic heterocycles. The van der Waals surface area contributed by atoms with Crippen LogP contribution in [0.25, 0.3) is 11.1 Å². The summed E-state index contributed by atoms with van der Waals surface area (Å²) in [6.07, 6.45) is 7.19. The molecule has 324 valence electrons. The average Bonchev–Trinajstić information content (AvgIpc) is 3.26. The number of carbonyl (C=O) groups excluding carboxylic acids is 3. The fourth-order valence-corrected chi connectivity index (χ4v) is 9.21. The highest BCUT2D eigenvalue weighted by atomic mass is 16.7. The van der Waals surface area contributed by atoms with E-state index in [2.05, 4.69) is 57.2 Å². The van der Waals surface area contributed by atoms with Crippen LogP contribution in [0, 0.1) is 5.92 Å². The van der Waals surface area contributed by atoms with Crippen LogP contribution in [0.15, 0.2) is 97.1 Å². The van der Waals surface area contributed by atoms with E-state index in [1.807, 2.05) is 69.3 Å². The number of rotatable bonds is 14. The van der Waals surface area contributed by atoms with Gasteiger partial charge in [0.1, 0.15) is 0 Å². The minimum absolute atomic E-state index is 0.0203. The third-order valence-electron chi connectivity index (χ3n) is 12.3. The number of nitrogens with zero attached hydrogens (tertiary/aromatic N) is 1. The van der Waals surface area contributed by atoms with Gasteiger partial charge in [-0.1, -0.05) is 91.7 Å². The van der Waals surface area contributed by atoms with Crippen molar-refractivity contribution >= 4 is 29.1 Å². The van der Waals surface area contributed by atoms with Gasteiger partial charge in [-0.3, -0.25) is 19.3 Å². The SMILES string of the molecule is CC(C)(C)NC(=O)[C@H]1CC[C@H]2CCCC[C@H]2N1C[C@@H]1C[C@H](c2ccc(CO)cc2)O[C@H](c2ccc(-c3cccc(CNC(=O)CCCC(=O)Nc4ccccc4N)c3)cc2)O1. The van der Waals surface area contributed by atoms with Crippen LogP contribution in [0.5, 0.6) is 0 Å². The smallest absolute Gasteiger partial charge is 0.237 e. The topological polar surface area (TPSA) is 155 Å². The summed E-state index contributed by atoms with van der Waals surface area (Å²) >= 11 is 0. The third kappa shape index (κ3) is 11.9. The van der Waals surface area contributed by atoms with Crippen molar-refractivity contribution in [2.24, 2.45) is 5.92 Å². The molecule has 2 saturated heterocycles. The van der Waals surface area contributed by atoms with E-state index >= 15 is 0 Å². The molecular weight excluding hydrogens is 767 g/mol. The van der Waals surface area contributed by atoms with Crippen molar-refractivity contribution in [3.63, 3.8) is 0 Å². The van der Waals surface area contributed by atoms with Crippen LogP contribution in [0.4, 0.5) is 11.4 Å². The summed E-state index contributed by atoms with van der Waals surface area (Å²) in [5.74, 6) is 0.409. The number of nitrogens with two attached hydrogens (primary N) is 1. The number of likely N-dealkylation sites (tertiary alicyclic amines) is 1. The van der Waals surface area contributed by atoms with Crippen LogP contribution in [0.1, 0.15) is 120 Å². The second-order valence-corrected chi connectivity index (χ2v) is 18.1. The van der Waals surface area contributed by atoms with Crippen molar-refractivity contribution in [1.29, 1.82) is 0 Å². The van der Waals surface area contributed by atoms with Gasteiger partial charge in [-0.25, -0.2) is 0 Å². The number of ether oxygens (including phenoxy) is 2. The predicted octanol–water partition coefficient (Wildman–Crippen LogP) is 8.34. The summed E-state index contributed by atoms with van der Waals surface area (Å²) in [5, 5.41) is 18.8. The van der Waals surface area contributed by atoms with Gasteiger partial charge in [-0.2, -0.15) is 0 Å². The Morgan fingerprint density at radius 3 is 2.28 bits per heavy atom. The van der Waals surface area contributed by atoms with Crippen molar-refractivity contribution in [3.8, 4) is 11.1 Å². The number of nitrogen functional groups attached to an aromatic ring is 1. The molecule has 3 aliphatic rings. The number of hydrogen-bond acceptors (Lipinski definition) is 8. The molecule has 1 saturated carbocycles. The molecule has 11 nitrogen and oxygen atoms in total. The number of amides is 3. The zero-order chi connectivity index (χ0) is 42.9. The van der Waals surface area contributed by atoms with Gasteiger partial charge in [0.05, 0.1) is 36.2 Å². The maximum Gasteiger partial charge on any atom is 0.237 e. The number of piperidine rings is 1. The van der Waals surface area contributed by atoms with E-state index < -0.39 is 6.29 Å². The van der Waals surface area contributed by atoms with Gasteiger partial charge < -0.3 is 36.3 Å². The van der Waals surface area contributed by atoms with E-state index in [1.165, 1.54) is 19.3 Å². The average molecular weight is 830 g/mol. The molecule has 0 spiro atoms. The lowest BCUT2D eigenvalue weighted by molar-refractivity contribution is -0.255. The largest absolute Gasteiger partial charge is 0.397 e. The molecule has 3 amide bonds. The number of anilines is 2. The Morgan fingerprint density at radius 2 is 1.52 bits per heavy atom. The van der Waals surface area contributed by atoms with Crippen LogP contribution in [-0.4, -0.2) is 58.0 Å². The third-order valence-corrected chi connectivity index (χ3v) is 12.3. The lowest BCUT2D eigenvalue weighted by Crippen LogP contribution is -2.61. The minimum Gasteiger partial charge on any atom is -0.397 e. The standard InChI is InChI=1S/C50H63N5O6/c1-50(2,3)54-48(59)44-27-26-36-11-4-7-15-43(36)55(44)31-40-29-45(37-20-18-33(32-56)19-21-37)61-49(60-40)38-24-22-35(23-25-38)39-12-8-10-34(28-39)30-52-46(57)16-9-17-47(58)53-42-14-6-5-13-41(42)51/h5-6,8,10,12-14,18-25,28,36,40,43-45,49,56H,4,7,9,11,15-17,26-27,29-32,51H2,1-3H3,(H,52,57)(H,53,58)(H,54,59)/t36-,40+,43-,44-,45-,49-/m1/s1. The molecule has 0 aromatic heterocycles. The summed E-state index contributed by atoms with van der Waals surface area (Å²) in [5.41, 5.74) is 12.5. The highest BCUT2D eigenvalue weighted by molar-refractivity contribution is 5.94. The van der Waals surface area contributed by atoms with Gasteiger partial charge in [-0.05, 0) is 105 Å². The highest BCUT2D eigenvalue weighted by Gasteiger charge is 2.44. The van der Waals surface area contributed by atoms with E-state index in [1.54, 1.807) is 12.1 Å². The summed E-state index contributed by atoms with van der Waals surface area (Å²) in [6.45, 7) is 7.13. The number of fused-ring (bicyclic) bond motifs is 1. The molecule has 11 heteroatoms. The monoisotopic (exact) mass is 829 g/mol. The molecule has 1 aliphatic carbocycles. The maximum atomic E-state index is 13.9. The van der Waals surface area contributed by atoms with E-state index in [-0.39, 0.29) is 61.0 Å². The Balaban J connectivity index is 1.01. The Morgan fingerprint density at radius 1 is 0.787 bits per heavy atom. The first-order valence-electron chi connectivity index (χ1n) is 22.1. The molecule has 0 radical (unpaired) electrons.